The highest BCUT2D eigenvalue weighted by molar-refractivity contribution is 6.31. The molecule has 0 saturated carbocycles. The van der Waals surface area contributed by atoms with Gasteiger partial charge in [0.2, 0.25) is 0 Å². The summed E-state index contributed by atoms with van der Waals surface area (Å²) in [5.74, 6) is 0.450. The van der Waals surface area contributed by atoms with Crippen molar-refractivity contribution in [2.24, 2.45) is 0 Å². The summed E-state index contributed by atoms with van der Waals surface area (Å²) >= 11 is 18.4. The normalized spacial score (nSPS) is 12.2. The van der Waals surface area contributed by atoms with Crippen LogP contribution in [0, 0.1) is 0 Å². The second kappa shape index (κ2) is 6.71. The maximum Gasteiger partial charge on any atom is 0.0525 e. The van der Waals surface area contributed by atoms with E-state index in [0.717, 1.165) is 21.8 Å². The Morgan fingerprint density at radius 1 is 1.10 bits per heavy atom. The standard InChI is InChI=1S/C16H16Cl3N/c1-11(14-5-3-4-6-15(14)19)20(2)16-9-13(18)8-7-12(16)10-17/h3-9,11H,10H2,1-2H3. The average Bonchev–Trinajstić information content (AvgIpc) is 2.46. The Hall–Kier alpha value is -0.890. The van der Waals surface area contributed by atoms with Gasteiger partial charge in [0.05, 0.1) is 6.04 Å². The lowest BCUT2D eigenvalue weighted by molar-refractivity contribution is 0.737. The Kier molecular flexibility index (Phi) is 5.20. The minimum atomic E-state index is 0.129. The van der Waals surface area contributed by atoms with Crippen molar-refractivity contribution in [3.63, 3.8) is 0 Å². The number of anilines is 1. The lowest BCUT2D eigenvalue weighted by Crippen LogP contribution is -2.23. The van der Waals surface area contributed by atoms with Crippen molar-refractivity contribution in [1.82, 2.24) is 0 Å². The summed E-state index contributed by atoms with van der Waals surface area (Å²) in [6, 6.07) is 13.7. The van der Waals surface area contributed by atoms with Crippen LogP contribution in [0.3, 0.4) is 0 Å². The molecule has 20 heavy (non-hydrogen) atoms. The highest BCUT2D eigenvalue weighted by Gasteiger charge is 2.17. The maximum atomic E-state index is 6.28. The second-order valence-electron chi connectivity index (χ2n) is 4.72. The van der Waals surface area contributed by atoms with Gasteiger partial charge in [-0.05, 0) is 36.2 Å². The summed E-state index contributed by atoms with van der Waals surface area (Å²) in [6.45, 7) is 2.11. The molecule has 0 aliphatic heterocycles. The third-order valence-corrected chi connectivity index (χ3v) is 4.37. The Morgan fingerprint density at radius 2 is 1.80 bits per heavy atom. The van der Waals surface area contributed by atoms with Crippen LogP contribution in [0.2, 0.25) is 10.0 Å². The monoisotopic (exact) mass is 327 g/mol. The quantitative estimate of drug-likeness (QED) is 0.629. The van der Waals surface area contributed by atoms with Crippen LogP contribution in [0.4, 0.5) is 5.69 Å². The fourth-order valence-corrected chi connectivity index (χ4v) is 2.90. The Bertz CT molecular complexity index is 598. The topological polar surface area (TPSA) is 3.24 Å². The molecular weight excluding hydrogens is 313 g/mol. The minimum Gasteiger partial charge on any atom is -0.367 e. The number of benzene rings is 2. The summed E-state index contributed by atoms with van der Waals surface area (Å²) in [5.41, 5.74) is 3.16. The van der Waals surface area contributed by atoms with Crippen LogP contribution in [0.25, 0.3) is 0 Å². The number of alkyl halides is 1. The van der Waals surface area contributed by atoms with Gasteiger partial charge in [0.25, 0.3) is 0 Å². The molecule has 0 aliphatic carbocycles. The SMILES string of the molecule is CC(c1ccccc1Cl)N(C)c1cc(Cl)ccc1CCl. The lowest BCUT2D eigenvalue weighted by Gasteiger charge is -2.30. The van der Waals surface area contributed by atoms with Gasteiger partial charge in [-0.2, -0.15) is 0 Å². The summed E-state index contributed by atoms with van der Waals surface area (Å²) in [5, 5.41) is 1.47. The molecule has 0 bridgehead atoms. The highest BCUT2D eigenvalue weighted by Crippen LogP contribution is 2.33. The molecule has 0 aromatic heterocycles. The van der Waals surface area contributed by atoms with E-state index in [-0.39, 0.29) is 6.04 Å². The number of hydrogen-bond donors (Lipinski definition) is 0. The fourth-order valence-electron chi connectivity index (χ4n) is 2.21. The number of hydrogen-bond acceptors (Lipinski definition) is 1. The first-order valence-electron chi connectivity index (χ1n) is 6.36. The fraction of sp³-hybridized carbons (Fsp3) is 0.250. The Morgan fingerprint density at radius 3 is 2.45 bits per heavy atom. The van der Waals surface area contributed by atoms with E-state index in [1.807, 2.05) is 49.5 Å². The van der Waals surface area contributed by atoms with Crippen LogP contribution in [-0.4, -0.2) is 7.05 Å². The van der Waals surface area contributed by atoms with Gasteiger partial charge in [-0.25, -0.2) is 0 Å². The van der Waals surface area contributed by atoms with E-state index < -0.39 is 0 Å². The van der Waals surface area contributed by atoms with Crippen molar-refractivity contribution in [2.45, 2.75) is 18.8 Å². The van der Waals surface area contributed by atoms with Crippen LogP contribution in [0.1, 0.15) is 24.1 Å². The summed E-state index contributed by atoms with van der Waals surface area (Å²) < 4.78 is 0. The van der Waals surface area contributed by atoms with Crippen molar-refractivity contribution in [3.8, 4) is 0 Å². The molecule has 0 amide bonds. The molecule has 0 N–H and O–H groups in total. The largest absolute Gasteiger partial charge is 0.367 e. The van der Waals surface area contributed by atoms with Gasteiger partial charge in [-0.3, -0.25) is 0 Å². The van der Waals surface area contributed by atoms with Crippen LogP contribution in [0.5, 0.6) is 0 Å². The van der Waals surface area contributed by atoms with Crippen molar-refractivity contribution < 1.29 is 0 Å². The first-order chi connectivity index (χ1) is 9.54. The van der Waals surface area contributed by atoms with Crippen molar-refractivity contribution in [1.29, 1.82) is 0 Å². The third kappa shape index (κ3) is 3.22. The van der Waals surface area contributed by atoms with Crippen LogP contribution < -0.4 is 4.90 Å². The Labute approximate surface area is 135 Å². The van der Waals surface area contributed by atoms with Gasteiger partial charge >= 0.3 is 0 Å². The smallest absolute Gasteiger partial charge is 0.0525 e. The van der Waals surface area contributed by atoms with E-state index in [1.165, 1.54) is 0 Å². The van der Waals surface area contributed by atoms with Crippen molar-refractivity contribution >= 4 is 40.5 Å². The molecule has 4 heteroatoms. The Balaban J connectivity index is 2.38. The molecule has 106 valence electrons. The summed E-state index contributed by atoms with van der Waals surface area (Å²) in [6.07, 6.45) is 0. The molecule has 2 aromatic rings. The zero-order valence-corrected chi connectivity index (χ0v) is 13.7. The number of rotatable bonds is 4. The molecule has 0 saturated heterocycles. The van der Waals surface area contributed by atoms with Gasteiger partial charge < -0.3 is 4.90 Å². The molecule has 1 atom stereocenters. The zero-order chi connectivity index (χ0) is 14.7. The molecular formula is C16H16Cl3N. The number of nitrogens with zero attached hydrogens (tertiary/aromatic N) is 1. The summed E-state index contributed by atoms with van der Waals surface area (Å²) in [4.78, 5) is 2.14. The van der Waals surface area contributed by atoms with Gasteiger partial charge in [0.15, 0.2) is 0 Å². The number of halogens is 3. The van der Waals surface area contributed by atoms with E-state index in [9.17, 15) is 0 Å². The van der Waals surface area contributed by atoms with Gasteiger partial charge in [0, 0.05) is 28.7 Å². The minimum absolute atomic E-state index is 0.129. The second-order valence-corrected chi connectivity index (χ2v) is 5.83. The molecule has 0 heterocycles. The predicted molar refractivity (Wildman–Crippen MR) is 89.3 cm³/mol. The first-order valence-corrected chi connectivity index (χ1v) is 7.65. The molecule has 1 nitrogen and oxygen atoms in total. The van der Waals surface area contributed by atoms with Gasteiger partial charge in [-0.15, -0.1) is 11.6 Å². The first kappa shape index (κ1) is 15.5. The molecule has 0 fully saturated rings. The third-order valence-electron chi connectivity index (χ3n) is 3.51. The molecule has 1 unspecified atom stereocenters. The van der Waals surface area contributed by atoms with Gasteiger partial charge in [0.1, 0.15) is 0 Å². The maximum absolute atomic E-state index is 6.28. The average molecular weight is 329 g/mol. The van der Waals surface area contributed by atoms with Gasteiger partial charge in [-0.1, -0.05) is 47.5 Å². The molecule has 2 aromatic carbocycles. The molecule has 0 spiro atoms. The zero-order valence-electron chi connectivity index (χ0n) is 11.4. The lowest BCUT2D eigenvalue weighted by atomic mass is 10.1. The van der Waals surface area contributed by atoms with Crippen LogP contribution >= 0.6 is 34.8 Å². The van der Waals surface area contributed by atoms with E-state index in [1.54, 1.807) is 0 Å². The van der Waals surface area contributed by atoms with Crippen LogP contribution in [-0.2, 0) is 5.88 Å². The van der Waals surface area contributed by atoms with E-state index >= 15 is 0 Å². The molecule has 0 aliphatic rings. The van der Waals surface area contributed by atoms with E-state index in [2.05, 4.69) is 11.8 Å². The van der Waals surface area contributed by atoms with Crippen LogP contribution in [0.15, 0.2) is 42.5 Å². The van der Waals surface area contributed by atoms with E-state index in [0.29, 0.717) is 10.9 Å². The summed E-state index contributed by atoms with van der Waals surface area (Å²) in [7, 11) is 2.02. The molecule has 0 radical (unpaired) electrons. The van der Waals surface area contributed by atoms with E-state index in [4.69, 9.17) is 34.8 Å². The highest BCUT2D eigenvalue weighted by atomic mass is 35.5. The van der Waals surface area contributed by atoms with Crippen molar-refractivity contribution in [3.05, 3.63) is 63.6 Å². The molecule has 2 rings (SSSR count). The predicted octanol–water partition coefficient (Wildman–Crippen LogP) is 5.93. The van der Waals surface area contributed by atoms with Crippen molar-refractivity contribution in [2.75, 3.05) is 11.9 Å².